The predicted molar refractivity (Wildman–Crippen MR) is 56.5 cm³/mol. The minimum Gasteiger partial charge on any atom is -0.466 e. The van der Waals surface area contributed by atoms with Gasteiger partial charge in [0.05, 0.1) is 12.5 Å². The van der Waals surface area contributed by atoms with Crippen LogP contribution in [-0.4, -0.2) is 12.6 Å². The molecular weight excluding hydrogens is 188 g/mol. The third-order valence-electron chi connectivity index (χ3n) is 3.60. The van der Waals surface area contributed by atoms with E-state index in [1.54, 1.807) is 0 Å². The molecule has 0 aromatic heterocycles. The Hall–Kier alpha value is -1.31. The summed E-state index contributed by atoms with van der Waals surface area (Å²) in [6.45, 7) is 2.36. The fourth-order valence-electron chi connectivity index (χ4n) is 2.91. The van der Waals surface area contributed by atoms with Crippen LogP contribution >= 0.6 is 0 Å². The molecule has 0 spiro atoms. The van der Waals surface area contributed by atoms with E-state index >= 15 is 0 Å². The SMILES string of the molecule is CCOC(=O)C1C2Cc3ccccc3C21. The zero-order valence-electron chi connectivity index (χ0n) is 8.77. The van der Waals surface area contributed by atoms with Gasteiger partial charge in [-0.3, -0.25) is 4.79 Å². The van der Waals surface area contributed by atoms with Crippen molar-refractivity contribution in [3.63, 3.8) is 0 Å². The van der Waals surface area contributed by atoms with Gasteiger partial charge >= 0.3 is 5.97 Å². The van der Waals surface area contributed by atoms with E-state index in [-0.39, 0.29) is 11.9 Å². The van der Waals surface area contributed by atoms with Crippen LogP contribution in [0.5, 0.6) is 0 Å². The number of ether oxygens (including phenoxy) is 1. The third kappa shape index (κ3) is 1.21. The number of rotatable bonds is 2. The van der Waals surface area contributed by atoms with Crippen LogP contribution in [0.3, 0.4) is 0 Å². The standard InChI is InChI=1S/C13H14O2/c1-2-15-13(14)12-10-7-8-5-3-4-6-9(8)11(10)12/h3-6,10-12H,2,7H2,1H3. The van der Waals surface area contributed by atoms with Crippen molar-refractivity contribution in [2.75, 3.05) is 6.61 Å². The van der Waals surface area contributed by atoms with Gasteiger partial charge in [-0.05, 0) is 30.4 Å². The van der Waals surface area contributed by atoms with E-state index in [1.807, 2.05) is 6.92 Å². The van der Waals surface area contributed by atoms with Crippen LogP contribution < -0.4 is 0 Å². The van der Waals surface area contributed by atoms with Crippen molar-refractivity contribution in [2.45, 2.75) is 19.3 Å². The second-order valence-electron chi connectivity index (χ2n) is 4.37. The third-order valence-corrected chi connectivity index (χ3v) is 3.60. The molecule has 0 N–H and O–H groups in total. The number of esters is 1. The first-order valence-electron chi connectivity index (χ1n) is 5.57. The van der Waals surface area contributed by atoms with Crippen LogP contribution in [0.2, 0.25) is 0 Å². The molecule has 1 aromatic carbocycles. The van der Waals surface area contributed by atoms with Crippen LogP contribution in [0.4, 0.5) is 0 Å². The Morgan fingerprint density at radius 1 is 1.47 bits per heavy atom. The highest BCUT2D eigenvalue weighted by Crippen LogP contribution is 2.61. The molecule has 0 radical (unpaired) electrons. The van der Waals surface area contributed by atoms with Crippen molar-refractivity contribution in [3.05, 3.63) is 35.4 Å². The normalized spacial score (nSPS) is 30.6. The summed E-state index contributed by atoms with van der Waals surface area (Å²) in [5.41, 5.74) is 2.80. The summed E-state index contributed by atoms with van der Waals surface area (Å²) < 4.78 is 5.08. The number of fused-ring (bicyclic) bond motifs is 3. The molecule has 1 fully saturated rings. The molecule has 0 saturated heterocycles. The molecule has 0 amide bonds. The number of hydrogen-bond acceptors (Lipinski definition) is 2. The molecule has 3 atom stereocenters. The van der Waals surface area contributed by atoms with Crippen molar-refractivity contribution in [3.8, 4) is 0 Å². The Balaban J connectivity index is 1.81. The first-order chi connectivity index (χ1) is 7.33. The van der Waals surface area contributed by atoms with Gasteiger partial charge in [-0.15, -0.1) is 0 Å². The first kappa shape index (κ1) is 8.96. The van der Waals surface area contributed by atoms with E-state index in [2.05, 4.69) is 24.3 Å². The average Bonchev–Trinajstić information content (AvgIpc) is 2.83. The Morgan fingerprint density at radius 2 is 2.27 bits per heavy atom. The molecule has 2 nitrogen and oxygen atoms in total. The van der Waals surface area contributed by atoms with Crippen molar-refractivity contribution in [1.29, 1.82) is 0 Å². The topological polar surface area (TPSA) is 26.3 Å². The van der Waals surface area contributed by atoms with E-state index in [1.165, 1.54) is 11.1 Å². The lowest BCUT2D eigenvalue weighted by Gasteiger charge is -2.06. The van der Waals surface area contributed by atoms with Gasteiger partial charge < -0.3 is 4.74 Å². The van der Waals surface area contributed by atoms with Gasteiger partial charge in [0.1, 0.15) is 0 Å². The van der Waals surface area contributed by atoms with Gasteiger partial charge in [0.2, 0.25) is 0 Å². The summed E-state index contributed by atoms with van der Waals surface area (Å²) in [4.78, 5) is 11.6. The summed E-state index contributed by atoms with van der Waals surface area (Å²) in [5, 5.41) is 0. The van der Waals surface area contributed by atoms with Crippen LogP contribution in [-0.2, 0) is 16.0 Å². The number of hydrogen-bond donors (Lipinski definition) is 0. The molecule has 0 bridgehead atoms. The predicted octanol–water partition coefficient (Wildman–Crippen LogP) is 2.14. The van der Waals surface area contributed by atoms with Crippen LogP contribution in [0, 0.1) is 11.8 Å². The highest BCUT2D eigenvalue weighted by molar-refractivity contribution is 5.79. The zero-order valence-corrected chi connectivity index (χ0v) is 8.77. The van der Waals surface area contributed by atoms with E-state index in [0.29, 0.717) is 18.4 Å². The lowest BCUT2D eigenvalue weighted by atomic mass is 10.0. The lowest BCUT2D eigenvalue weighted by Crippen LogP contribution is -2.10. The van der Waals surface area contributed by atoms with Gasteiger partial charge in [0.15, 0.2) is 0 Å². The maximum absolute atomic E-state index is 11.6. The maximum Gasteiger partial charge on any atom is 0.309 e. The number of carbonyl (C=O) groups is 1. The molecule has 78 valence electrons. The quantitative estimate of drug-likeness (QED) is 0.687. The van der Waals surface area contributed by atoms with E-state index in [4.69, 9.17) is 4.74 Å². The van der Waals surface area contributed by atoms with E-state index in [9.17, 15) is 4.79 Å². The number of carbonyl (C=O) groups excluding carboxylic acids is 1. The Bertz CT molecular complexity index is 411. The fraction of sp³-hybridized carbons (Fsp3) is 0.462. The van der Waals surface area contributed by atoms with Gasteiger partial charge in [0.25, 0.3) is 0 Å². The Labute approximate surface area is 89.2 Å². The Morgan fingerprint density at radius 3 is 3.07 bits per heavy atom. The molecule has 2 heteroatoms. The van der Waals surface area contributed by atoms with Gasteiger partial charge in [0, 0.05) is 5.92 Å². The van der Waals surface area contributed by atoms with Crippen LogP contribution in [0.15, 0.2) is 24.3 Å². The summed E-state index contributed by atoms with van der Waals surface area (Å²) >= 11 is 0. The molecular formula is C13H14O2. The highest BCUT2D eigenvalue weighted by atomic mass is 16.5. The minimum atomic E-state index is 0.00185. The molecule has 3 rings (SSSR count). The summed E-state index contributed by atoms with van der Waals surface area (Å²) in [6.07, 6.45) is 1.06. The number of benzene rings is 1. The van der Waals surface area contributed by atoms with Crippen molar-refractivity contribution < 1.29 is 9.53 Å². The van der Waals surface area contributed by atoms with E-state index < -0.39 is 0 Å². The molecule has 2 aliphatic carbocycles. The summed E-state index contributed by atoms with van der Waals surface area (Å²) in [5.74, 6) is 1.14. The highest BCUT2D eigenvalue weighted by Gasteiger charge is 2.59. The van der Waals surface area contributed by atoms with Gasteiger partial charge in [-0.1, -0.05) is 24.3 Å². The van der Waals surface area contributed by atoms with Crippen molar-refractivity contribution in [1.82, 2.24) is 0 Å². The van der Waals surface area contributed by atoms with E-state index in [0.717, 1.165) is 6.42 Å². The maximum atomic E-state index is 11.6. The lowest BCUT2D eigenvalue weighted by molar-refractivity contribution is -0.145. The van der Waals surface area contributed by atoms with Crippen LogP contribution in [0.25, 0.3) is 0 Å². The second-order valence-corrected chi connectivity index (χ2v) is 4.37. The smallest absolute Gasteiger partial charge is 0.309 e. The largest absolute Gasteiger partial charge is 0.466 e. The first-order valence-corrected chi connectivity index (χ1v) is 5.57. The minimum absolute atomic E-state index is 0.00185. The molecule has 0 heterocycles. The van der Waals surface area contributed by atoms with Crippen molar-refractivity contribution >= 4 is 5.97 Å². The molecule has 0 aliphatic heterocycles. The van der Waals surface area contributed by atoms with Gasteiger partial charge in [-0.25, -0.2) is 0 Å². The molecule has 3 unspecified atom stereocenters. The van der Waals surface area contributed by atoms with Crippen molar-refractivity contribution in [2.24, 2.45) is 11.8 Å². The average molecular weight is 202 g/mol. The summed E-state index contributed by atoms with van der Waals surface area (Å²) in [6, 6.07) is 8.45. The molecule has 1 saturated carbocycles. The molecule has 1 aromatic rings. The van der Waals surface area contributed by atoms with Gasteiger partial charge in [-0.2, -0.15) is 0 Å². The fourth-order valence-corrected chi connectivity index (χ4v) is 2.91. The second kappa shape index (κ2) is 3.09. The monoisotopic (exact) mass is 202 g/mol. The van der Waals surface area contributed by atoms with Crippen LogP contribution in [0.1, 0.15) is 24.0 Å². The zero-order chi connectivity index (χ0) is 10.4. The Kier molecular flexibility index (Phi) is 1.84. The molecule has 2 aliphatic rings. The summed E-state index contributed by atoms with van der Waals surface area (Å²) in [7, 11) is 0. The molecule has 15 heavy (non-hydrogen) atoms.